The van der Waals surface area contributed by atoms with Gasteiger partial charge in [-0.15, -0.1) is 13.2 Å². The van der Waals surface area contributed by atoms with E-state index in [4.69, 9.17) is 0 Å². The van der Waals surface area contributed by atoms with Gasteiger partial charge >= 0.3 is 6.36 Å². The van der Waals surface area contributed by atoms with Crippen molar-refractivity contribution in [2.45, 2.75) is 11.3 Å². The highest BCUT2D eigenvalue weighted by atomic mass is 32.2. The maximum atomic E-state index is 12.1. The van der Waals surface area contributed by atoms with Crippen molar-refractivity contribution in [3.63, 3.8) is 0 Å². The number of alkyl halides is 3. The minimum atomic E-state index is -4.83. The van der Waals surface area contributed by atoms with Gasteiger partial charge < -0.3 is 9.64 Å². The quantitative estimate of drug-likeness (QED) is 0.787. The average molecular weight is 398 g/mol. The Kier molecular flexibility index (Phi) is 6.36. The molecular weight excluding hydrogens is 381 g/mol. The maximum absolute atomic E-state index is 12.1. The summed E-state index contributed by atoms with van der Waals surface area (Å²) in [5.41, 5.74) is 1.74. The van der Waals surface area contributed by atoms with Crippen molar-refractivity contribution in [1.29, 1.82) is 0 Å². The zero-order valence-corrected chi connectivity index (χ0v) is 15.4. The lowest BCUT2D eigenvalue weighted by Crippen LogP contribution is -2.24. The van der Waals surface area contributed by atoms with Crippen molar-refractivity contribution in [3.8, 4) is 17.6 Å². The first-order valence-corrected chi connectivity index (χ1v) is 9.17. The van der Waals surface area contributed by atoms with E-state index < -0.39 is 22.1 Å². The number of sulfonamides is 1. The van der Waals surface area contributed by atoms with E-state index >= 15 is 0 Å². The molecule has 2 aromatic carbocycles. The van der Waals surface area contributed by atoms with Crippen LogP contribution in [-0.2, 0) is 10.0 Å². The molecule has 0 fully saturated rings. The molecule has 1 N–H and O–H groups in total. The molecule has 27 heavy (non-hydrogen) atoms. The topological polar surface area (TPSA) is 58.6 Å². The molecule has 0 atom stereocenters. The molecule has 0 radical (unpaired) electrons. The Hall–Kier alpha value is -2.70. The number of ether oxygens (including phenoxy) is 1. The van der Waals surface area contributed by atoms with Gasteiger partial charge in [-0.2, -0.15) is 4.72 Å². The van der Waals surface area contributed by atoms with Crippen LogP contribution >= 0.6 is 0 Å². The fourth-order valence-electron chi connectivity index (χ4n) is 2.02. The van der Waals surface area contributed by atoms with E-state index in [9.17, 15) is 21.6 Å². The van der Waals surface area contributed by atoms with E-state index in [1.54, 1.807) is 0 Å². The molecule has 0 aromatic heterocycles. The third-order valence-corrected chi connectivity index (χ3v) is 4.75. The fraction of sp³-hybridized carbons (Fsp3) is 0.222. The highest BCUT2D eigenvalue weighted by Crippen LogP contribution is 2.23. The molecule has 0 aliphatic carbocycles. The number of anilines is 1. The van der Waals surface area contributed by atoms with Crippen molar-refractivity contribution in [1.82, 2.24) is 4.72 Å². The van der Waals surface area contributed by atoms with Gasteiger partial charge in [0.2, 0.25) is 10.0 Å². The van der Waals surface area contributed by atoms with E-state index in [0.29, 0.717) is 0 Å². The standard InChI is InChI=1S/C18H17F3N2O3S/c1-23(2)15-7-5-14(6-8-15)4-3-13-22-27(24,25)17-11-9-16(10-12-17)26-18(19,20)21/h5-12,22H,13H2,1-2H3. The molecule has 144 valence electrons. The Morgan fingerprint density at radius 1 is 1.04 bits per heavy atom. The van der Waals surface area contributed by atoms with Gasteiger partial charge in [-0.25, -0.2) is 8.42 Å². The molecular formula is C18H17F3N2O3S. The number of benzene rings is 2. The van der Waals surface area contributed by atoms with Crippen LogP contribution in [0.1, 0.15) is 5.56 Å². The minimum absolute atomic E-state index is 0.140. The summed E-state index contributed by atoms with van der Waals surface area (Å²) in [6.45, 7) is -0.140. The first-order chi connectivity index (χ1) is 12.6. The minimum Gasteiger partial charge on any atom is -0.406 e. The maximum Gasteiger partial charge on any atom is 0.573 e. The molecule has 0 heterocycles. The second-order valence-corrected chi connectivity index (χ2v) is 7.35. The number of hydrogen-bond acceptors (Lipinski definition) is 4. The van der Waals surface area contributed by atoms with Crippen LogP contribution in [0, 0.1) is 11.8 Å². The largest absolute Gasteiger partial charge is 0.573 e. The third kappa shape index (κ3) is 6.51. The Morgan fingerprint density at radius 3 is 2.15 bits per heavy atom. The van der Waals surface area contributed by atoms with Crippen LogP contribution in [0.15, 0.2) is 53.4 Å². The summed E-state index contributed by atoms with van der Waals surface area (Å²) < 4.78 is 66.5. The van der Waals surface area contributed by atoms with Crippen LogP contribution in [0.3, 0.4) is 0 Å². The molecule has 0 aliphatic heterocycles. The Bertz CT molecular complexity index is 927. The zero-order valence-electron chi connectivity index (χ0n) is 14.5. The number of nitrogens with zero attached hydrogens (tertiary/aromatic N) is 1. The summed E-state index contributed by atoms with van der Waals surface area (Å²) in [5, 5.41) is 0. The smallest absolute Gasteiger partial charge is 0.406 e. The van der Waals surface area contributed by atoms with Gasteiger partial charge in [-0.3, -0.25) is 0 Å². The molecule has 0 bridgehead atoms. The Morgan fingerprint density at radius 2 is 1.63 bits per heavy atom. The summed E-state index contributed by atoms with van der Waals surface area (Å²) in [6, 6.07) is 11.3. The summed E-state index contributed by atoms with van der Waals surface area (Å²) in [6.07, 6.45) is -4.83. The number of rotatable bonds is 5. The normalized spacial score (nSPS) is 11.4. The number of nitrogens with one attached hydrogen (secondary N) is 1. The predicted octanol–water partition coefficient (Wildman–Crippen LogP) is 2.98. The van der Waals surface area contributed by atoms with Crippen molar-refractivity contribution in [2.24, 2.45) is 0 Å². The molecule has 0 amide bonds. The van der Waals surface area contributed by atoms with Gasteiger partial charge in [0.1, 0.15) is 5.75 Å². The van der Waals surface area contributed by atoms with E-state index in [-0.39, 0.29) is 11.4 Å². The van der Waals surface area contributed by atoms with Gasteiger partial charge in [0, 0.05) is 25.3 Å². The lowest BCUT2D eigenvalue weighted by atomic mass is 10.2. The SMILES string of the molecule is CN(C)c1ccc(C#CCNS(=O)(=O)c2ccc(OC(F)(F)F)cc2)cc1. The molecule has 0 saturated carbocycles. The lowest BCUT2D eigenvalue weighted by Gasteiger charge is -2.11. The molecule has 0 aliphatic rings. The van der Waals surface area contributed by atoms with Crippen molar-refractivity contribution >= 4 is 15.7 Å². The molecule has 9 heteroatoms. The van der Waals surface area contributed by atoms with Gasteiger partial charge in [0.25, 0.3) is 0 Å². The van der Waals surface area contributed by atoms with Crippen LogP contribution in [0.4, 0.5) is 18.9 Å². The van der Waals surface area contributed by atoms with Crippen molar-refractivity contribution in [2.75, 3.05) is 25.5 Å². The number of halogens is 3. The monoisotopic (exact) mass is 398 g/mol. The summed E-state index contributed by atoms with van der Waals surface area (Å²) >= 11 is 0. The average Bonchev–Trinajstić information content (AvgIpc) is 2.58. The van der Waals surface area contributed by atoms with Crippen molar-refractivity contribution in [3.05, 3.63) is 54.1 Å². The van der Waals surface area contributed by atoms with Crippen molar-refractivity contribution < 1.29 is 26.3 Å². The molecule has 0 saturated heterocycles. The van der Waals surface area contributed by atoms with Gasteiger partial charge in [-0.05, 0) is 48.5 Å². The fourth-order valence-corrected chi connectivity index (χ4v) is 2.95. The second-order valence-electron chi connectivity index (χ2n) is 5.59. The van der Waals surface area contributed by atoms with E-state index in [1.165, 1.54) is 0 Å². The van der Waals surface area contributed by atoms with Crippen LogP contribution in [-0.4, -0.2) is 35.4 Å². The summed E-state index contributed by atoms with van der Waals surface area (Å²) in [7, 11) is -0.0612. The molecule has 0 unspecified atom stereocenters. The third-order valence-electron chi connectivity index (χ3n) is 3.33. The first kappa shape index (κ1) is 20.6. The molecule has 5 nitrogen and oxygen atoms in total. The second kappa shape index (κ2) is 8.33. The van der Waals surface area contributed by atoms with Gasteiger partial charge in [0.05, 0.1) is 11.4 Å². The summed E-state index contributed by atoms with van der Waals surface area (Å²) in [4.78, 5) is 1.75. The molecule has 2 rings (SSSR count). The highest BCUT2D eigenvalue weighted by molar-refractivity contribution is 7.89. The lowest BCUT2D eigenvalue weighted by molar-refractivity contribution is -0.274. The molecule has 2 aromatic rings. The van der Waals surface area contributed by atoms with Gasteiger partial charge in [-0.1, -0.05) is 11.8 Å². The number of hydrogen-bond donors (Lipinski definition) is 1. The van der Waals surface area contributed by atoms with E-state index in [0.717, 1.165) is 35.5 Å². The Labute approximate surface area is 155 Å². The van der Waals surface area contributed by atoms with Crippen LogP contribution in [0.5, 0.6) is 5.75 Å². The Balaban J connectivity index is 1.97. The molecule has 0 spiro atoms. The highest BCUT2D eigenvalue weighted by Gasteiger charge is 2.31. The van der Waals surface area contributed by atoms with E-state index in [2.05, 4.69) is 21.3 Å². The summed E-state index contributed by atoms with van der Waals surface area (Å²) in [5.74, 6) is 5.02. The first-order valence-electron chi connectivity index (χ1n) is 7.68. The van der Waals surface area contributed by atoms with E-state index in [1.807, 2.05) is 43.3 Å². The van der Waals surface area contributed by atoms with Crippen LogP contribution in [0.25, 0.3) is 0 Å². The van der Waals surface area contributed by atoms with Crippen LogP contribution in [0.2, 0.25) is 0 Å². The predicted molar refractivity (Wildman–Crippen MR) is 96.0 cm³/mol. The van der Waals surface area contributed by atoms with Gasteiger partial charge in [0.15, 0.2) is 0 Å². The zero-order chi connectivity index (χ0) is 20.1. The van der Waals surface area contributed by atoms with Crippen LogP contribution < -0.4 is 14.4 Å².